The number of halogens is 4. The molecule has 108 valence electrons. The van der Waals surface area contributed by atoms with E-state index in [-0.39, 0.29) is 10.7 Å². The van der Waals surface area contributed by atoms with Crippen LogP contribution in [0.25, 0.3) is 0 Å². The SMILES string of the molecule is Cc1ccc(N2C(=O)NC(C)(C(F)(F)F)C2=O)cc1Cl. The van der Waals surface area contributed by atoms with Gasteiger partial charge in [0.1, 0.15) is 0 Å². The fraction of sp³-hybridized carbons (Fsp3) is 0.333. The first-order valence-corrected chi connectivity index (χ1v) is 5.95. The van der Waals surface area contributed by atoms with E-state index >= 15 is 0 Å². The number of anilines is 1. The van der Waals surface area contributed by atoms with E-state index in [1.165, 1.54) is 18.2 Å². The lowest BCUT2D eigenvalue weighted by atomic mass is 10.0. The zero-order valence-electron chi connectivity index (χ0n) is 10.5. The van der Waals surface area contributed by atoms with Gasteiger partial charge in [0.2, 0.25) is 5.54 Å². The first-order chi connectivity index (χ1) is 9.08. The number of rotatable bonds is 1. The number of amides is 3. The molecule has 3 amide bonds. The van der Waals surface area contributed by atoms with Crippen molar-refractivity contribution in [3.05, 3.63) is 28.8 Å². The zero-order chi connectivity index (χ0) is 15.3. The summed E-state index contributed by atoms with van der Waals surface area (Å²) in [5.41, 5.74) is -2.25. The number of hydrogen-bond donors (Lipinski definition) is 1. The number of nitrogens with zero attached hydrogens (tertiary/aromatic N) is 1. The molecule has 1 aliphatic heterocycles. The minimum Gasteiger partial charge on any atom is -0.315 e. The van der Waals surface area contributed by atoms with Crippen molar-refractivity contribution in [2.45, 2.75) is 25.6 Å². The molecule has 1 aliphatic rings. The van der Waals surface area contributed by atoms with Crippen LogP contribution in [0.15, 0.2) is 18.2 Å². The summed E-state index contributed by atoms with van der Waals surface area (Å²) in [6.07, 6.45) is -4.89. The lowest BCUT2D eigenvalue weighted by molar-refractivity contribution is -0.187. The van der Waals surface area contributed by atoms with Crippen LogP contribution in [-0.4, -0.2) is 23.7 Å². The Morgan fingerprint density at radius 2 is 1.90 bits per heavy atom. The fourth-order valence-corrected chi connectivity index (χ4v) is 1.96. The second-order valence-electron chi connectivity index (χ2n) is 4.63. The average Bonchev–Trinajstić information content (AvgIpc) is 2.54. The largest absolute Gasteiger partial charge is 0.420 e. The number of imide groups is 1. The molecular weight excluding hydrogens is 297 g/mol. The van der Waals surface area contributed by atoms with E-state index in [1.807, 2.05) is 0 Å². The second-order valence-corrected chi connectivity index (χ2v) is 5.03. The van der Waals surface area contributed by atoms with Crippen LogP contribution in [0.3, 0.4) is 0 Å². The smallest absolute Gasteiger partial charge is 0.315 e. The molecule has 0 bridgehead atoms. The highest BCUT2D eigenvalue weighted by atomic mass is 35.5. The summed E-state index contributed by atoms with van der Waals surface area (Å²) in [5.74, 6) is -1.38. The molecule has 8 heteroatoms. The Morgan fingerprint density at radius 3 is 2.35 bits per heavy atom. The molecule has 0 aliphatic carbocycles. The van der Waals surface area contributed by atoms with Crippen LogP contribution in [0.1, 0.15) is 12.5 Å². The van der Waals surface area contributed by atoms with Crippen molar-refractivity contribution < 1.29 is 22.8 Å². The predicted octanol–water partition coefficient (Wildman–Crippen LogP) is 3.03. The molecule has 0 saturated carbocycles. The topological polar surface area (TPSA) is 49.4 Å². The van der Waals surface area contributed by atoms with Crippen molar-refractivity contribution in [1.29, 1.82) is 0 Å². The molecule has 0 spiro atoms. The van der Waals surface area contributed by atoms with Crippen LogP contribution in [0.2, 0.25) is 5.02 Å². The van der Waals surface area contributed by atoms with Gasteiger partial charge in [-0.25, -0.2) is 9.69 Å². The van der Waals surface area contributed by atoms with Crippen LogP contribution < -0.4 is 10.2 Å². The third-order valence-corrected chi connectivity index (χ3v) is 3.58. The molecule has 0 aromatic heterocycles. The van der Waals surface area contributed by atoms with Gasteiger partial charge in [-0.15, -0.1) is 0 Å². The maximum atomic E-state index is 12.9. The summed E-state index contributed by atoms with van der Waals surface area (Å²) >= 11 is 5.86. The Kier molecular flexibility index (Phi) is 3.20. The molecule has 1 fully saturated rings. The molecule has 0 radical (unpaired) electrons. The van der Waals surface area contributed by atoms with Gasteiger partial charge >= 0.3 is 12.2 Å². The van der Waals surface area contributed by atoms with E-state index in [4.69, 9.17) is 11.6 Å². The normalized spacial score (nSPS) is 23.2. The molecule has 1 aromatic carbocycles. The van der Waals surface area contributed by atoms with E-state index < -0.39 is 23.7 Å². The van der Waals surface area contributed by atoms with Gasteiger partial charge in [0, 0.05) is 5.02 Å². The monoisotopic (exact) mass is 306 g/mol. The zero-order valence-corrected chi connectivity index (χ0v) is 11.3. The molecular formula is C12H10ClF3N2O2. The highest BCUT2D eigenvalue weighted by molar-refractivity contribution is 6.32. The second kappa shape index (κ2) is 4.37. The Morgan fingerprint density at radius 1 is 1.30 bits per heavy atom. The van der Waals surface area contributed by atoms with Crippen molar-refractivity contribution in [3.8, 4) is 0 Å². The third-order valence-electron chi connectivity index (χ3n) is 3.17. The van der Waals surface area contributed by atoms with Gasteiger partial charge in [0.05, 0.1) is 5.69 Å². The van der Waals surface area contributed by atoms with E-state index in [9.17, 15) is 22.8 Å². The van der Waals surface area contributed by atoms with Crippen molar-refractivity contribution in [1.82, 2.24) is 5.32 Å². The molecule has 1 atom stereocenters. The third kappa shape index (κ3) is 2.02. The average molecular weight is 307 g/mol. The van der Waals surface area contributed by atoms with Gasteiger partial charge in [-0.2, -0.15) is 13.2 Å². The van der Waals surface area contributed by atoms with Crippen molar-refractivity contribution >= 4 is 29.2 Å². The van der Waals surface area contributed by atoms with Crippen LogP contribution in [0, 0.1) is 6.92 Å². The van der Waals surface area contributed by atoms with E-state index in [0.717, 1.165) is 0 Å². The summed E-state index contributed by atoms with van der Waals surface area (Å²) in [5, 5.41) is 1.93. The molecule has 20 heavy (non-hydrogen) atoms. The van der Waals surface area contributed by atoms with Crippen molar-refractivity contribution in [3.63, 3.8) is 0 Å². The van der Waals surface area contributed by atoms with Gasteiger partial charge in [-0.1, -0.05) is 17.7 Å². The van der Waals surface area contributed by atoms with Crippen LogP contribution >= 0.6 is 11.6 Å². The van der Waals surface area contributed by atoms with Gasteiger partial charge < -0.3 is 5.32 Å². The maximum absolute atomic E-state index is 12.9. The Bertz CT molecular complexity index is 603. The molecule has 1 saturated heterocycles. The van der Waals surface area contributed by atoms with Crippen molar-refractivity contribution in [2.24, 2.45) is 0 Å². The number of aryl methyl sites for hydroxylation is 1. The number of carbonyl (C=O) groups is 2. The molecule has 4 nitrogen and oxygen atoms in total. The Labute approximate surface area is 117 Å². The summed E-state index contributed by atoms with van der Waals surface area (Å²) in [7, 11) is 0. The van der Waals surface area contributed by atoms with Gasteiger partial charge in [-0.3, -0.25) is 4.79 Å². The first kappa shape index (κ1) is 14.6. The molecule has 1 aromatic rings. The maximum Gasteiger partial charge on any atom is 0.420 e. The predicted molar refractivity (Wildman–Crippen MR) is 66.7 cm³/mol. The highest BCUT2D eigenvalue weighted by Gasteiger charge is 2.64. The van der Waals surface area contributed by atoms with E-state index in [0.29, 0.717) is 17.4 Å². The summed E-state index contributed by atoms with van der Waals surface area (Å²) in [6, 6.07) is 3.02. The minimum atomic E-state index is -4.89. The quantitative estimate of drug-likeness (QED) is 0.811. The molecule has 2 rings (SSSR count). The summed E-state index contributed by atoms with van der Waals surface area (Å²) in [6.45, 7) is 2.32. The van der Waals surface area contributed by atoms with Gasteiger partial charge in [0.15, 0.2) is 0 Å². The lowest BCUT2D eigenvalue weighted by Crippen LogP contribution is -2.56. The fourth-order valence-electron chi connectivity index (χ4n) is 1.79. The number of alkyl halides is 3. The van der Waals surface area contributed by atoms with Crippen LogP contribution in [-0.2, 0) is 4.79 Å². The van der Waals surface area contributed by atoms with Gasteiger partial charge in [-0.05, 0) is 31.5 Å². The Hall–Kier alpha value is -1.76. The van der Waals surface area contributed by atoms with Crippen LogP contribution in [0.4, 0.5) is 23.7 Å². The van der Waals surface area contributed by atoms with Crippen LogP contribution in [0.5, 0.6) is 0 Å². The van der Waals surface area contributed by atoms with Gasteiger partial charge in [0.25, 0.3) is 5.91 Å². The standard InChI is InChI=1S/C12H10ClF3N2O2/c1-6-3-4-7(5-8(6)13)18-9(19)11(2,12(14,15)16)17-10(18)20/h3-5H,1-2H3,(H,17,20). The minimum absolute atomic E-state index is 0.00363. The summed E-state index contributed by atoms with van der Waals surface area (Å²) in [4.78, 5) is 24.1. The number of carbonyl (C=O) groups excluding carboxylic acids is 2. The number of urea groups is 1. The van der Waals surface area contributed by atoms with E-state index in [2.05, 4.69) is 0 Å². The van der Waals surface area contributed by atoms with Crippen molar-refractivity contribution in [2.75, 3.05) is 4.90 Å². The summed E-state index contributed by atoms with van der Waals surface area (Å²) < 4.78 is 38.7. The number of nitrogens with one attached hydrogen (secondary N) is 1. The molecule has 1 N–H and O–H groups in total. The first-order valence-electron chi connectivity index (χ1n) is 5.57. The lowest BCUT2D eigenvalue weighted by Gasteiger charge is -2.24. The highest BCUT2D eigenvalue weighted by Crippen LogP contribution is 2.37. The Balaban J connectivity index is 2.46. The van der Waals surface area contributed by atoms with E-state index in [1.54, 1.807) is 12.2 Å². The molecule has 1 heterocycles. The number of hydrogen-bond acceptors (Lipinski definition) is 2. The molecule has 1 unspecified atom stereocenters. The number of benzene rings is 1.